The summed E-state index contributed by atoms with van der Waals surface area (Å²) in [5, 5.41) is 0. The van der Waals surface area contributed by atoms with Gasteiger partial charge in [-0.1, -0.05) is 39.0 Å². The largest absolute Gasteiger partial charge is 0.0654 e. The van der Waals surface area contributed by atoms with Gasteiger partial charge >= 0.3 is 0 Å². The fourth-order valence-corrected chi connectivity index (χ4v) is 1.73. The maximum absolute atomic E-state index is 2.28. The van der Waals surface area contributed by atoms with Crippen LogP contribution in [0.1, 0.15) is 58.3 Å². The van der Waals surface area contributed by atoms with E-state index in [9.17, 15) is 0 Å². The molecular formula is C10H19. The summed E-state index contributed by atoms with van der Waals surface area (Å²) >= 11 is 0. The lowest BCUT2D eigenvalue weighted by molar-refractivity contribution is 0.496. The molecule has 0 saturated heterocycles. The molecule has 10 heavy (non-hydrogen) atoms. The molecule has 0 heteroatoms. The minimum atomic E-state index is 1.36. The molecule has 1 aliphatic rings. The number of hydrogen-bond acceptors (Lipinski definition) is 0. The summed E-state index contributed by atoms with van der Waals surface area (Å²) in [6.07, 6.45) is 11.5. The van der Waals surface area contributed by atoms with E-state index in [1.165, 1.54) is 51.4 Å². The normalized spacial score (nSPS) is 21.3. The minimum Gasteiger partial charge on any atom is -0.0654 e. The highest BCUT2D eigenvalue weighted by Crippen LogP contribution is 2.29. The second kappa shape index (κ2) is 4.76. The minimum absolute atomic E-state index is 1.36. The van der Waals surface area contributed by atoms with Gasteiger partial charge in [-0.3, -0.25) is 0 Å². The summed E-state index contributed by atoms with van der Waals surface area (Å²) in [6.45, 7) is 2.28. The van der Waals surface area contributed by atoms with E-state index in [2.05, 4.69) is 6.92 Å². The van der Waals surface area contributed by atoms with Crippen molar-refractivity contribution in [2.24, 2.45) is 0 Å². The van der Waals surface area contributed by atoms with Crippen molar-refractivity contribution in [2.45, 2.75) is 58.3 Å². The third kappa shape index (κ3) is 2.72. The smallest absolute Gasteiger partial charge is 0.0241 e. The van der Waals surface area contributed by atoms with Gasteiger partial charge in [-0.15, -0.1) is 0 Å². The van der Waals surface area contributed by atoms with Gasteiger partial charge in [-0.25, -0.2) is 0 Å². The Morgan fingerprint density at radius 1 is 1.10 bits per heavy atom. The Kier molecular flexibility index (Phi) is 3.86. The molecule has 59 valence electrons. The monoisotopic (exact) mass is 139 g/mol. The quantitative estimate of drug-likeness (QED) is 0.559. The van der Waals surface area contributed by atoms with Gasteiger partial charge in [-0.2, -0.15) is 0 Å². The Hall–Kier alpha value is 0. The number of hydrogen-bond donors (Lipinski definition) is 0. The number of rotatable bonds is 3. The van der Waals surface area contributed by atoms with Gasteiger partial charge in [0.25, 0.3) is 0 Å². The highest BCUT2D eigenvalue weighted by Gasteiger charge is 2.12. The zero-order valence-electron chi connectivity index (χ0n) is 7.16. The second-order valence-corrected chi connectivity index (χ2v) is 3.41. The number of unbranched alkanes of at least 4 members (excludes halogenated alkanes) is 1. The average molecular weight is 139 g/mol. The van der Waals surface area contributed by atoms with Crippen LogP contribution in [0, 0.1) is 5.92 Å². The second-order valence-electron chi connectivity index (χ2n) is 3.41. The summed E-state index contributed by atoms with van der Waals surface area (Å²) in [5.74, 6) is 1.85. The predicted octanol–water partition coefficient (Wildman–Crippen LogP) is 3.72. The van der Waals surface area contributed by atoms with E-state index >= 15 is 0 Å². The van der Waals surface area contributed by atoms with E-state index in [4.69, 9.17) is 0 Å². The summed E-state index contributed by atoms with van der Waals surface area (Å²) in [5.41, 5.74) is 0. The van der Waals surface area contributed by atoms with Crippen LogP contribution >= 0.6 is 0 Å². The van der Waals surface area contributed by atoms with Gasteiger partial charge < -0.3 is 0 Å². The highest BCUT2D eigenvalue weighted by atomic mass is 14.2. The van der Waals surface area contributed by atoms with Crippen LogP contribution in [0.3, 0.4) is 0 Å². The molecule has 0 nitrogen and oxygen atoms in total. The maximum Gasteiger partial charge on any atom is -0.0241 e. The molecule has 0 N–H and O–H groups in total. The molecule has 1 aliphatic carbocycles. The molecule has 1 radical (unpaired) electrons. The zero-order valence-corrected chi connectivity index (χ0v) is 7.16. The van der Waals surface area contributed by atoms with E-state index in [1.54, 1.807) is 0 Å². The van der Waals surface area contributed by atoms with Crippen molar-refractivity contribution in [3.8, 4) is 0 Å². The molecule has 0 aromatic carbocycles. The molecule has 0 atom stereocenters. The summed E-state index contributed by atoms with van der Waals surface area (Å²) < 4.78 is 0. The van der Waals surface area contributed by atoms with Crippen LogP contribution in [0.5, 0.6) is 0 Å². The average Bonchev–Trinajstić information content (AvgIpc) is 2.03. The van der Waals surface area contributed by atoms with Crippen molar-refractivity contribution in [1.29, 1.82) is 0 Å². The SMILES string of the molecule is CCCC[C]1CCCCC1. The van der Waals surface area contributed by atoms with Crippen LogP contribution in [-0.4, -0.2) is 0 Å². The Morgan fingerprint density at radius 2 is 1.80 bits per heavy atom. The van der Waals surface area contributed by atoms with Gasteiger partial charge in [0.05, 0.1) is 0 Å². The van der Waals surface area contributed by atoms with E-state index in [0.717, 1.165) is 0 Å². The molecule has 0 aliphatic heterocycles. The first-order chi connectivity index (χ1) is 4.93. The molecule has 0 bridgehead atoms. The van der Waals surface area contributed by atoms with Crippen molar-refractivity contribution in [3.05, 3.63) is 5.92 Å². The van der Waals surface area contributed by atoms with E-state index < -0.39 is 0 Å². The molecule has 1 fully saturated rings. The molecule has 0 amide bonds. The zero-order chi connectivity index (χ0) is 7.23. The van der Waals surface area contributed by atoms with E-state index in [-0.39, 0.29) is 0 Å². The molecule has 1 saturated carbocycles. The molecular weight excluding hydrogens is 120 g/mol. The van der Waals surface area contributed by atoms with Crippen LogP contribution in [0.25, 0.3) is 0 Å². The van der Waals surface area contributed by atoms with Crippen molar-refractivity contribution >= 4 is 0 Å². The van der Waals surface area contributed by atoms with Crippen molar-refractivity contribution in [3.63, 3.8) is 0 Å². The fraction of sp³-hybridized carbons (Fsp3) is 0.900. The van der Waals surface area contributed by atoms with Crippen LogP contribution < -0.4 is 0 Å². The Balaban J connectivity index is 2.02. The van der Waals surface area contributed by atoms with Crippen LogP contribution in [0.15, 0.2) is 0 Å². The van der Waals surface area contributed by atoms with Gasteiger partial charge in [0, 0.05) is 0 Å². The topological polar surface area (TPSA) is 0 Å². The van der Waals surface area contributed by atoms with E-state index in [0.29, 0.717) is 0 Å². The lowest BCUT2D eigenvalue weighted by Crippen LogP contribution is -2.03. The molecule has 0 aromatic heterocycles. The lowest BCUT2D eigenvalue weighted by Gasteiger charge is -2.20. The summed E-state index contributed by atoms with van der Waals surface area (Å²) in [4.78, 5) is 0. The first-order valence-electron chi connectivity index (χ1n) is 4.77. The first kappa shape index (κ1) is 8.10. The lowest BCUT2D eigenvalue weighted by atomic mass is 9.86. The molecule has 0 heterocycles. The third-order valence-electron chi connectivity index (χ3n) is 2.44. The Bertz CT molecular complexity index is 70.1. The highest BCUT2D eigenvalue weighted by molar-refractivity contribution is 4.91. The third-order valence-corrected chi connectivity index (χ3v) is 2.44. The molecule has 0 unspecified atom stereocenters. The van der Waals surface area contributed by atoms with Gasteiger partial charge in [0.15, 0.2) is 0 Å². The van der Waals surface area contributed by atoms with E-state index in [1.807, 2.05) is 5.92 Å². The van der Waals surface area contributed by atoms with Crippen LogP contribution in [-0.2, 0) is 0 Å². The molecule has 0 spiro atoms. The predicted molar refractivity (Wildman–Crippen MR) is 45.9 cm³/mol. The van der Waals surface area contributed by atoms with Gasteiger partial charge in [0.1, 0.15) is 0 Å². The summed E-state index contributed by atoms with van der Waals surface area (Å²) in [6, 6.07) is 0. The first-order valence-corrected chi connectivity index (χ1v) is 4.77. The van der Waals surface area contributed by atoms with Crippen molar-refractivity contribution in [2.75, 3.05) is 0 Å². The Labute approximate surface area is 65.0 Å². The molecule has 0 aromatic rings. The summed E-state index contributed by atoms with van der Waals surface area (Å²) in [7, 11) is 0. The standard InChI is InChI=1S/C10H19/c1-2-3-7-10-8-5-4-6-9-10/h2-9H2,1H3. The Morgan fingerprint density at radius 3 is 2.40 bits per heavy atom. The van der Waals surface area contributed by atoms with Gasteiger partial charge in [-0.05, 0) is 25.2 Å². The van der Waals surface area contributed by atoms with Gasteiger partial charge in [0.2, 0.25) is 0 Å². The fourth-order valence-electron chi connectivity index (χ4n) is 1.73. The van der Waals surface area contributed by atoms with Crippen molar-refractivity contribution in [1.82, 2.24) is 0 Å². The van der Waals surface area contributed by atoms with Crippen LogP contribution in [0.2, 0.25) is 0 Å². The maximum atomic E-state index is 2.28. The van der Waals surface area contributed by atoms with Crippen LogP contribution in [0.4, 0.5) is 0 Å². The van der Waals surface area contributed by atoms with Crippen molar-refractivity contribution < 1.29 is 0 Å². The molecule has 1 rings (SSSR count).